The number of carbonyl (C=O) groups is 1. The number of hydrogen-bond donors (Lipinski definition) is 0. The standard InChI is InChI=1S/C24H30N4O2S/c1-5-18-8-10-19(11-9-18)16-27(4)22(29)17-31-24-26-25-23(30-24)20-12-14-21(15-13-20)28(6-2)7-3/h8-15H,5-7,16-17H2,1-4H3. The quantitative estimate of drug-likeness (QED) is 0.420. The summed E-state index contributed by atoms with van der Waals surface area (Å²) in [7, 11) is 1.81. The first-order valence-corrected chi connectivity index (χ1v) is 11.7. The molecule has 31 heavy (non-hydrogen) atoms. The van der Waals surface area contributed by atoms with Crippen molar-refractivity contribution in [1.82, 2.24) is 15.1 Å². The number of aromatic nitrogens is 2. The van der Waals surface area contributed by atoms with Gasteiger partial charge < -0.3 is 14.2 Å². The van der Waals surface area contributed by atoms with E-state index < -0.39 is 0 Å². The first-order valence-electron chi connectivity index (χ1n) is 10.7. The van der Waals surface area contributed by atoms with Crippen LogP contribution in [0, 0.1) is 0 Å². The molecule has 0 radical (unpaired) electrons. The van der Waals surface area contributed by atoms with Gasteiger partial charge >= 0.3 is 0 Å². The summed E-state index contributed by atoms with van der Waals surface area (Å²) in [6, 6.07) is 16.5. The Kier molecular flexibility index (Phi) is 8.12. The predicted octanol–water partition coefficient (Wildman–Crippen LogP) is 4.90. The maximum absolute atomic E-state index is 12.5. The van der Waals surface area contributed by atoms with E-state index in [9.17, 15) is 4.79 Å². The Hall–Kier alpha value is -2.80. The van der Waals surface area contributed by atoms with Gasteiger partial charge in [0.2, 0.25) is 11.8 Å². The smallest absolute Gasteiger partial charge is 0.277 e. The molecule has 0 aliphatic rings. The zero-order valence-corrected chi connectivity index (χ0v) is 19.5. The minimum absolute atomic E-state index is 0.0212. The fourth-order valence-electron chi connectivity index (χ4n) is 3.26. The molecular weight excluding hydrogens is 408 g/mol. The molecule has 0 atom stereocenters. The van der Waals surface area contributed by atoms with E-state index in [4.69, 9.17) is 4.42 Å². The summed E-state index contributed by atoms with van der Waals surface area (Å²) >= 11 is 1.26. The molecule has 0 unspecified atom stereocenters. The van der Waals surface area contributed by atoms with Crippen LogP contribution in [0.4, 0.5) is 5.69 Å². The third-order valence-electron chi connectivity index (χ3n) is 5.25. The van der Waals surface area contributed by atoms with Crippen molar-refractivity contribution in [2.75, 3.05) is 30.8 Å². The minimum atomic E-state index is 0.0212. The fraction of sp³-hybridized carbons (Fsp3) is 0.375. The Labute approximate surface area is 188 Å². The number of thioether (sulfide) groups is 1. The number of rotatable bonds is 10. The van der Waals surface area contributed by atoms with Crippen molar-refractivity contribution >= 4 is 23.4 Å². The summed E-state index contributed by atoms with van der Waals surface area (Å²) in [4.78, 5) is 16.5. The molecule has 6 nitrogen and oxygen atoms in total. The van der Waals surface area contributed by atoms with Crippen LogP contribution in [-0.4, -0.2) is 46.9 Å². The Bertz CT molecular complexity index is 966. The summed E-state index contributed by atoms with van der Waals surface area (Å²) in [6.07, 6.45) is 1.01. The molecule has 2 aromatic carbocycles. The van der Waals surface area contributed by atoms with E-state index in [1.165, 1.54) is 23.0 Å². The van der Waals surface area contributed by atoms with Gasteiger partial charge in [0.25, 0.3) is 5.22 Å². The molecule has 1 heterocycles. The zero-order valence-electron chi connectivity index (χ0n) is 18.7. The van der Waals surface area contributed by atoms with Crippen molar-refractivity contribution in [3.63, 3.8) is 0 Å². The van der Waals surface area contributed by atoms with E-state index in [1.807, 2.05) is 19.2 Å². The molecule has 0 saturated carbocycles. The van der Waals surface area contributed by atoms with Gasteiger partial charge in [0.1, 0.15) is 0 Å². The van der Waals surface area contributed by atoms with Gasteiger partial charge in [-0.3, -0.25) is 4.79 Å². The highest BCUT2D eigenvalue weighted by Crippen LogP contribution is 2.25. The summed E-state index contributed by atoms with van der Waals surface area (Å²) in [5.74, 6) is 0.741. The predicted molar refractivity (Wildman–Crippen MR) is 126 cm³/mol. The largest absolute Gasteiger partial charge is 0.411 e. The molecule has 7 heteroatoms. The average Bonchev–Trinajstić information content (AvgIpc) is 3.28. The van der Waals surface area contributed by atoms with E-state index in [0.29, 0.717) is 17.7 Å². The molecule has 0 aliphatic carbocycles. The van der Waals surface area contributed by atoms with Gasteiger partial charge in [-0.15, -0.1) is 10.2 Å². The molecule has 0 N–H and O–H groups in total. The monoisotopic (exact) mass is 438 g/mol. The topological polar surface area (TPSA) is 62.5 Å². The van der Waals surface area contributed by atoms with Crippen LogP contribution in [-0.2, 0) is 17.8 Å². The van der Waals surface area contributed by atoms with Crippen molar-refractivity contribution < 1.29 is 9.21 Å². The molecule has 0 fully saturated rings. The first kappa shape index (κ1) is 22.9. The summed E-state index contributed by atoms with van der Waals surface area (Å²) in [5, 5.41) is 8.61. The number of aryl methyl sites for hydroxylation is 1. The third-order valence-corrected chi connectivity index (χ3v) is 6.05. The SMILES string of the molecule is CCc1ccc(CN(C)C(=O)CSc2nnc(-c3ccc(N(CC)CC)cc3)o2)cc1. The van der Waals surface area contributed by atoms with Crippen molar-refractivity contribution in [2.24, 2.45) is 0 Å². The number of nitrogens with zero attached hydrogens (tertiary/aromatic N) is 4. The third kappa shape index (κ3) is 6.10. The fourth-order valence-corrected chi connectivity index (χ4v) is 3.97. The zero-order chi connectivity index (χ0) is 22.2. The van der Waals surface area contributed by atoms with E-state index in [0.717, 1.165) is 30.6 Å². The van der Waals surface area contributed by atoms with E-state index >= 15 is 0 Å². The number of hydrogen-bond acceptors (Lipinski definition) is 6. The second-order valence-corrected chi connectivity index (χ2v) is 8.23. The minimum Gasteiger partial charge on any atom is -0.411 e. The number of amides is 1. The van der Waals surface area contributed by atoms with Crippen molar-refractivity contribution in [2.45, 2.75) is 39.0 Å². The van der Waals surface area contributed by atoms with Crippen LogP contribution < -0.4 is 4.90 Å². The van der Waals surface area contributed by atoms with Crippen LogP contribution in [0.1, 0.15) is 31.9 Å². The molecule has 1 aromatic heterocycles. The molecule has 0 spiro atoms. The van der Waals surface area contributed by atoms with Crippen LogP contribution in [0.3, 0.4) is 0 Å². The number of benzene rings is 2. The van der Waals surface area contributed by atoms with E-state index in [-0.39, 0.29) is 11.7 Å². The molecule has 3 rings (SSSR count). The van der Waals surface area contributed by atoms with E-state index in [2.05, 4.69) is 72.3 Å². The van der Waals surface area contributed by atoms with Gasteiger partial charge in [0.15, 0.2) is 0 Å². The van der Waals surface area contributed by atoms with Gasteiger partial charge in [0.05, 0.1) is 5.75 Å². The second-order valence-electron chi connectivity index (χ2n) is 7.30. The molecule has 1 amide bonds. The Morgan fingerprint density at radius 3 is 2.19 bits per heavy atom. The van der Waals surface area contributed by atoms with Gasteiger partial charge in [-0.25, -0.2) is 0 Å². The lowest BCUT2D eigenvalue weighted by atomic mass is 10.1. The Balaban J connectivity index is 1.53. The number of carbonyl (C=O) groups excluding carboxylic acids is 1. The maximum atomic E-state index is 12.5. The average molecular weight is 439 g/mol. The van der Waals surface area contributed by atoms with Crippen molar-refractivity contribution in [3.8, 4) is 11.5 Å². The summed E-state index contributed by atoms with van der Waals surface area (Å²) < 4.78 is 5.75. The lowest BCUT2D eigenvalue weighted by molar-refractivity contribution is -0.127. The highest BCUT2D eigenvalue weighted by molar-refractivity contribution is 7.99. The molecule has 0 saturated heterocycles. The molecule has 164 valence electrons. The van der Waals surface area contributed by atoms with Crippen molar-refractivity contribution in [3.05, 3.63) is 59.7 Å². The van der Waals surface area contributed by atoms with Crippen LogP contribution in [0.5, 0.6) is 0 Å². The second kappa shape index (κ2) is 11.0. The van der Waals surface area contributed by atoms with Crippen LogP contribution >= 0.6 is 11.8 Å². The van der Waals surface area contributed by atoms with Gasteiger partial charge in [0, 0.05) is 37.9 Å². The Morgan fingerprint density at radius 1 is 0.935 bits per heavy atom. The van der Waals surface area contributed by atoms with Crippen LogP contribution in [0.2, 0.25) is 0 Å². The normalized spacial score (nSPS) is 10.8. The lowest BCUT2D eigenvalue weighted by Gasteiger charge is -2.20. The van der Waals surface area contributed by atoms with Crippen molar-refractivity contribution in [1.29, 1.82) is 0 Å². The maximum Gasteiger partial charge on any atom is 0.277 e. The summed E-state index contributed by atoms with van der Waals surface area (Å²) in [5.41, 5.74) is 4.45. The van der Waals surface area contributed by atoms with Gasteiger partial charge in [-0.2, -0.15) is 0 Å². The van der Waals surface area contributed by atoms with Gasteiger partial charge in [-0.05, 0) is 55.7 Å². The molecular formula is C24H30N4O2S. The first-order chi connectivity index (χ1) is 15.0. The molecule has 0 bridgehead atoms. The van der Waals surface area contributed by atoms with E-state index in [1.54, 1.807) is 4.90 Å². The van der Waals surface area contributed by atoms with Gasteiger partial charge in [-0.1, -0.05) is 43.0 Å². The number of anilines is 1. The lowest BCUT2D eigenvalue weighted by Crippen LogP contribution is -2.27. The Morgan fingerprint density at radius 2 is 1.58 bits per heavy atom. The highest BCUT2D eigenvalue weighted by Gasteiger charge is 2.14. The summed E-state index contributed by atoms with van der Waals surface area (Å²) in [6.45, 7) is 8.91. The molecule has 0 aliphatic heterocycles. The highest BCUT2D eigenvalue weighted by atomic mass is 32.2. The molecule has 3 aromatic rings. The van der Waals surface area contributed by atoms with Crippen LogP contribution in [0.15, 0.2) is 58.2 Å². The van der Waals surface area contributed by atoms with Crippen LogP contribution in [0.25, 0.3) is 11.5 Å².